The maximum Gasteiger partial charge on any atom is 0.314 e. The first-order valence-corrected chi connectivity index (χ1v) is 7.22. The number of hydrogen-bond donors (Lipinski definition) is 0. The first kappa shape index (κ1) is 16.0. The molecule has 0 heterocycles. The fraction of sp³-hybridized carbons (Fsp3) is 0.278. The zero-order valence-corrected chi connectivity index (χ0v) is 12.7. The molecule has 0 bridgehead atoms. The van der Waals surface area contributed by atoms with Gasteiger partial charge in [0.15, 0.2) is 0 Å². The van der Waals surface area contributed by atoms with Gasteiger partial charge in [-0.3, -0.25) is 4.79 Å². The van der Waals surface area contributed by atoms with E-state index < -0.39 is 5.82 Å². The predicted octanol–water partition coefficient (Wildman–Crippen LogP) is 4.01. The third-order valence-corrected chi connectivity index (χ3v) is 3.48. The highest BCUT2D eigenvalue weighted by molar-refractivity contribution is 5.75. The average molecular weight is 302 g/mol. The van der Waals surface area contributed by atoms with Gasteiger partial charge in [-0.05, 0) is 42.7 Å². The van der Waals surface area contributed by atoms with Crippen molar-refractivity contribution in [1.29, 1.82) is 0 Å². The molecule has 116 valence electrons. The first-order valence-electron chi connectivity index (χ1n) is 7.22. The van der Waals surface area contributed by atoms with E-state index >= 15 is 0 Å². The number of carbonyl (C=O) groups excluding carboxylic acids is 1. The van der Waals surface area contributed by atoms with Crippen LogP contribution in [0, 0.1) is 11.7 Å². The molecule has 2 rings (SSSR count). The molecule has 2 aromatic rings. The lowest BCUT2D eigenvalue weighted by molar-refractivity contribution is -0.139. The van der Waals surface area contributed by atoms with Crippen molar-refractivity contribution in [2.24, 2.45) is 5.92 Å². The molecule has 22 heavy (non-hydrogen) atoms. The highest BCUT2D eigenvalue weighted by Crippen LogP contribution is 2.19. The summed E-state index contributed by atoms with van der Waals surface area (Å²) in [5, 5.41) is 0. The molecule has 1 atom stereocenters. The Labute approximate surface area is 129 Å². The standard InChI is InChI=1S/C18H19FO3/c1-3-14(11-13-7-9-16(21-2)10-8-13)18(20)22-17-6-4-5-15(19)12-17/h4-10,12,14H,3,11H2,1-2H3. The Morgan fingerprint density at radius 3 is 2.45 bits per heavy atom. The van der Waals surface area contributed by atoms with Gasteiger partial charge in [0.05, 0.1) is 13.0 Å². The molecule has 0 aliphatic carbocycles. The Bertz CT molecular complexity index is 622. The van der Waals surface area contributed by atoms with Crippen LogP contribution in [0.15, 0.2) is 48.5 Å². The van der Waals surface area contributed by atoms with Crippen molar-refractivity contribution in [1.82, 2.24) is 0 Å². The number of esters is 1. The summed E-state index contributed by atoms with van der Waals surface area (Å²) in [5.41, 5.74) is 1.03. The minimum absolute atomic E-state index is 0.234. The van der Waals surface area contributed by atoms with Crippen LogP contribution in [0.1, 0.15) is 18.9 Å². The van der Waals surface area contributed by atoms with E-state index in [0.717, 1.165) is 11.3 Å². The number of methoxy groups -OCH3 is 1. The Hall–Kier alpha value is -2.36. The molecule has 0 saturated heterocycles. The molecule has 4 heteroatoms. The fourth-order valence-corrected chi connectivity index (χ4v) is 2.17. The SMILES string of the molecule is CCC(Cc1ccc(OC)cc1)C(=O)Oc1cccc(F)c1. The van der Waals surface area contributed by atoms with E-state index in [1.165, 1.54) is 18.2 Å². The van der Waals surface area contributed by atoms with E-state index in [0.29, 0.717) is 12.8 Å². The van der Waals surface area contributed by atoms with E-state index in [9.17, 15) is 9.18 Å². The number of benzene rings is 2. The van der Waals surface area contributed by atoms with E-state index in [-0.39, 0.29) is 17.6 Å². The second-order valence-corrected chi connectivity index (χ2v) is 5.04. The number of halogens is 1. The Morgan fingerprint density at radius 1 is 1.14 bits per heavy atom. The van der Waals surface area contributed by atoms with Gasteiger partial charge in [0, 0.05) is 6.07 Å². The zero-order chi connectivity index (χ0) is 15.9. The monoisotopic (exact) mass is 302 g/mol. The molecule has 0 N–H and O–H groups in total. The highest BCUT2D eigenvalue weighted by Gasteiger charge is 2.19. The molecule has 0 spiro atoms. The lowest BCUT2D eigenvalue weighted by Gasteiger charge is -2.14. The lowest BCUT2D eigenvalue weighted by atomic mass is 9.97. The van der Waals surface area contributed by atoms with Crippen molar-refractivity contribution in [2.75, 3.05) is 7.11 Å². The first-order chi connectivity index (χ1) is 10.6. The van der Waals surface area contributed by atoms with Crippen molar-refractivity contribution in [3.8, 4) is 11.5 Å². The van der Waals surface area contributed by atoms with E-state index in [4.69, 9.17) is 9.47 Å². The van der Waals surface area contributed by atoms with Crippen LogP contribution < -0.4 is 9.47 Å². The summed E-state index contributed by atoms with van der Waals surface area (Å²) in [4.78, 5) is 12.2. The molecule has 0 amide bonds. The number of hydrogen-bond acceptors (Lipinski definition) is 3. The molecule has 0 saturated carbocycles. The number of rotatable bonds is 6. The molecule has 0 aliphatic rings. The van der Waals surface area contributed by atoms with Gasteiger partial charge in [0.25, 0.3) is 0 Å². The van der Waals surface area contributed by atoms with Crippen LogP contribution in [0.25, 0.3) is 0 Å². The van der Waals surface area contributed by atoms with Crippen molar-refractivity contribution in [3.05, 3.63) is 59.9 Å². The molecule has 0 radical (unpaired) electrons. The van der Waals surface area contributed by atoms with Gasteiger partial charge in [-0.25, -0.2) is 4.39 Å². The lowest BCUT2D eigenvalue weighted by Crippen LogP contribution is -2.22. The topological polar surface area (TPSA) is 35.5 Å². The van der Waals surface area contributed by atoms with Crippen molar-refractivity contribution in [2.45, 2.75) is 19.8 Å². The van der Waals surface area contributed by atoms with Gasteiger partial charge < -0.3 is 9.47 Å². The van der Waals surface area contributed by atoms with Crippen LogP contribution in [0.4, 0.5) is 4.39 Å². The van der Waals surface area contributed by atoms with Gasteiger partial charge in [0.1, 0.15) is 17.3 Å². The summed E-state index contributed by atoms with van der Waals surface area (Å²) in [6.07, 6.45) is 1.23. The van der Waals surface area contributed by atoms with Crippen LogP contribution >= 0.6 is 0 Å². The summed E-state index contributed by atoms with van der Waals surface area (Å²) in [5.74, 6) is -0.0219. The fourth-order valence-electron chi connectivity index (χ4n) is 2.17. The van der Waals surface area contributed by atoms with E-state index in [1.807, 2.05) is 31.2 Å². The van der Waals surface area contributed by atoms with Crippen molar-refractivity contribution >= 4 is 5.97 Å². The van der Waals surface area contributed by atoms with Gasteiger partial charge >= 0.3 is 5.97 Å². The molecule has 0 aromatic heterocycles. The predicted molar refractivity (Wildman–Crippen MR) is 82.5 cm³/mol. The van der Waals surface area contributed by atoms with E-state index in [2.05, 4.69) is 0 Å². The molecule has 0 fully saturated rings. The minimum atomic E-state index is -0.423. The normalized spacial score (nSPS) is 11.8. The maximum absolute atomic E-state index is 13.1. The van der Waals surface area contributed by atoms with E-state index in [1.54, 1.807) is 13.2 Å². The molecule has 1 unspecified atom stereocenters. The number of carbonyl (C=O) groups is 1. The minimum Gasteiger partial charge on any atom is -0.497 e. The molecule has 3 nitrogen and oxygen atoms in total. The Morgan fingerprint density at radius 2 is 1.86 bits per heavy atom. The zero-order valence-electron chi connectivity index (χ0n) is 12.7. The highest BCUT2D eigenvalue weighted by atomic mass is 19.1. The Balaban J connectivity index is 2.02. The molecule has 2 aromatic carbocycles. The van der Waals surface area contributed by atoms with Crippen molar-refractivity contribution in [3.63, 3.8) is 0 Å². The second-order valence-electron chi connectivity index (χ2n) is 5.04. The van der Waals surface area contributed by atoms with Gasteiger partial charge in [0.2, 0.25) is 0 Å². The van der Waals surface area contributed by atoms with Crippen LogP contribution in [-0.4, -0.2) is 13.1 Å². The Kier molecular flexibility index (Phi) is 5.53. The largest absolute Gasteiger partial charge is 0.497 e. The second kappa shape index (κ2) is 7.59. The van der Waals surface area contributed by atoms with Crippen LogP contribution in [0.2, 0.25) is 0 Å². The quantitative estimate of drug-likeness (QED) is 0.597. The average Bonchev–Trinajstić information content (AvgIpc) is 2.53. The summed E-state index contributed by atoms with van der Waals surface area (Å²) in [6, 6.07) is 13.2. The van der Waals surface area contributed by atoms with Crippen LogP contribution in [0.5, 0.6) is 11.5 Å². The smallest absolute Gasteiger partial charge is 0.314 e. The molecular formula is C18H19FO3. The summed E-state index contributed by atoms with van der Waals surface area (Å²) >= 11 is 0. The number of ether oxygens (including phenoxy) is 2. The third kappa shape index (κ3) is 4.32. The van der Waals surface area contributed by atoms with Crippen molar-refractivity contribution < 1.29 is 18.7 Å². The van der Waals surface area contributed by atoms with Crippen LogP contribution in [0.3, 0.4) is 0 Å². The third-order valence-electron chi connectivity index (χ3n) is 3.48. The summed E-state index contributed by atoms with van der Waals surface area (Å²) in [7, 11) is 1.61. The molecule has 0 aliphatic heterocycles. The maximum atomic E-state index is 13.1. The summed E-state index contributed by atoms with van der Waals surface area (Å²) < 4.78 is 23.5. The van der Waals surface area contributed by atoms with Gasteiger partial charge in [-0.1, -0.05) is 25.1 Å². The van der Waals surface area contributed by atoms with Gasteiger partial charge in [-0.15, -0.1) is 0 Å². The van der Waals surface area contributed by atoms with Crippen LogP contribution in [-0.2, 0) is 11.2 Å². The van der Waals surface area contributed by atoms with Gasteiger partial charge in [-0.2, -0.15) is 0 Å². The summed E-state index contributed by atoms with van der Waals surface area (Å²) in [6.45, 7) is 1.93. The molecular weight excluding hydrogens is 283 g/mol.